The van der Waals surface area contributed by atoms with Gasteiger partial charge in [0, 0.05) is 47.1 Å². The first-order valence-corrected chi connectivity index (χ1v) is 8.97. The summed E-state index contributed by atoms with van der Waals surface area (Å²) in [7, 11) is 0. The van der Waals surface area contributed by atoms with Crippen molar-refractivity contribution in [2.24, 2.45) is 0 Å². The number of aromatic nitrogens is 1. The highest BCUT2D eigenvalue weighted by molar-refractivity contribution is 6.09. The topological polar surface area (TPSA) is 66.4 Å². The molecule has 0 unspecified atom stereocenters. The van der Waals surface area contributed by atoms with Crippen LogP contribution in [0.1, 0.15) is 13.8 Å². The van der Waals surface area contributed by atoms with Gasteiger partial charge < -0.3 is 15.2 Å². The van der Waals surface area contributed by atoms with Crippen molar-refractivity contribution in [3.05, 3.63) is 42.5 Å². The maximum absolute atomic E-state index is 12.5. The number of carbonyl (C=O) groups is 2. The minimum absolute atomic E-state index is 0.212. The first kappa shape index (κ1) is 16.4. The first-order chi connectivity index (χ1) is 12.6. The normalized spacial score (nSPS) is 15.5. The molecule has 0 aliphatic carbocycles. The summed E-state index contributed by atoms with van der Waals surface area (Å²) in [4.78, 5) is 25.4. The smallest absolute Gasteiger partial charge is 0.324 e. The molecule has 6 heteroatoms. The Kier molecular flexibility index (Phi) is 4.03. The van der Waals surface area contributed by atoms with Crippen LogP contribution in [0.25, 0.3) is 21.8 Å². The number of fused-ring (bicyclic) bond motifs is 3. The molecule has 0 radical (unpaired) electrons. The number of nitrogens with zero attached hydrogens (tertiary/aromatic N) is 2. The van der Waals surface area contributed by atoms with Crippen molar-refractivity contribution in [3.8, 4) is 0 Å². The van der Waals surface area contributed by atoms with E-state index in [0.29, 0.717) is 13.1 Å². The average molecular weight is 350 g/mol. The summed E-state index contributed by atoms with van der Waals surface area (Å²) >= 11 is 0. The van der Waals surface area contributed by atoms with Gasteiger partial charge in [-0.2, -0.15) is 0 Å². The van der Waals surface area contributed by atoms with E-state index in [4.69, 9.17) is 0 Å². The molecular weight excluding hydrogens is 328 g/mol. The predicted octanol–water partition coefficient (Wildman–Crippen LogP) is 3.17. The molecule has 134 valence electrons. The third kappa shape index (κ3) is 2.58. The molecule has 2 heterocycles. The number of rotatable bonds is 4. The Morgan fingerprint density at radius 3 is 2.69 bits per heavy atom. The molecule has 1 aliphatic rings. The fourth-order valence-electron chi connectivity index (χ4n) is 3.71. The number of imide groups is 1. The molecule has 26 heavy (non-hydrogen) atoms. The van der Waals surface area contributed by atoms with Gasteiger partial charge in [-0.05, 0) is 38.1 Å². The molecular formula is C20H22N4O2. The van der Waals surface area contributed by atoms with Gasteiger partial charge in [0.25, 0.3) is 5.91 Å². The van der Waals surface area contributed by atoms with Crippen molar-refractivity contribution >= 4 is 39.4 Å². The first-order valence-electron chi connectivity index (χ1n) is 8.97. The molecule has 1 atom stereocenters. The van der Waals surface area contributed by atoms with Gasteiger partial charge in [-0.25, -0.2) is 4.79 Å². The number of hydrogen-bond acceptors (Lipinski definition) is 3. The van der Waals surface area contributed by atoms with Crippen LogP contribution < -0.4 is 10.6 Å². The van der Waals surface area contributed by atoms with E-state index in [2.05, 4.69) is 46.4 Å². The fraction of sp³-hybridized carbons (Fsp3) is 0.300. The molecule has 4 rings (SSSR count). The minimum Gasteiger partial charge on any atom is -0.374 e. The number of hydrogen-bond donors (Lipinski definition) is 2. The number of para-hydroxylation sites is 1. The molecule has 1 fully saturated rings. The van der Waals surface area contributed by atoms with Crippen LogP contribution in [0, 0.1) is 0 Å². The number of amides is 3. The van der Waals surface area contributed by atoms with Gasteiger partial charge in [0.05, 0.1) is 0 Å². The van der Waals surface area contributed by atoms with Crippen LogP contribution in [0.5, 0.6) is 0 Å². The molecule has 2 aromatic carbocycles. The van der Waals surface area contributed by atoms with Gasteiger partial charge in [-0.3, -0.25) is 9.69 Å². The highest BCUT2D eigenvalue weighted by Gasteiger charge is 2.29. The second-order valence-corrected chi connectivity index (χ2v) is 6.58. The molecule has 1 aromatic heterocycles. The molecule has 1 saturated heterocycles. The maximum atomic E-state index is 12.5. The van der Waals surface area contributed by atoms with Crippen LogP contribution in [-0.2, 0) is 11.3 Å². The van der Waals surface area contributed by atoms with Crippen molar-refractivity contribution in [2.75, 3.05) is 18.4 Å². The van der Waals surface area contributed by atoms with Crippen LogP contribution in [-0.4, -0.2) is 40.5 Å². The van der Waals surface area contributed by atoms with Gasteiger partial charge in [0.1, 0.15) is 6.04 Å². The lowest BCUT2D eigenvalue weighted by molar-refractivity contribution is -0.128. The van der Waals surface area contributed by atoms with Crippen molar-refractivity contribution in [2.45, 2.75) is 26.4 Å². The van der Waals surface area contributed by atoms with E-state index >= 15 is 0 Å². The average Bonchev–Trinajstić information content (AvgIpc) is 3.21. The summed E-state index contributed by atoms with van der Waals surface area (Å²) in [5.74, 6) is -0.212. The lowest BCUT2D eigenvalue weighted by atomic mass is 10.1. The summed E-state index contributed by atoms with van der Waals surface area (Å²) in [6.45, 7) is 5.76. The Bertz CT molecular complexity index is 1010. The number of anilines is 1. The quantitative estimate of drug-likeness (QED) is 0.759. The van der Waals surface area contributed by atoms with Crippen LogP contribution in [0.2, 0.25) is 0 Å². The Hall–Kier alpha value is -3.02. The van der Waals surface area contributed by atoms with Crippen molar-refractivity contribution < 1.29 is 9.59 Å². The van der Waals surface area contributed by atoms with E-state index in [1.54, 1.807) is 6.92 Å². The third-order valence-electron chi connectivity index (χ3n) is 4.97. The SMILES string of the molecule is CCn1c2ccccc2c2cc(N[C@H](C)C(=O)N3CCNC3=O)ccc21. The standard InChI is InChI=1S/C20H22N4O2/c1-3-23-17-7-5-4-6-15(17)16-12-14(8-9-18(16)23)22-13(2)19(25)24-11-10-21-20(24)26/h4-9,12-13,22H,3,10-11H2,1-2H3,(H,21,26)/t13-/m1/s1. The number of aryl methyl sites for hydroxylation is 1. The fourth-order valence-corrected chi connectivity index (χ4v) is 3.71. The molecule has 0 saturated carbocycles. The second-order valence-electron chi connectivity index (χ2n) is 6.58. The Morgan fingerprint density at radius 1 is 1.19 bits per heavy atom. The van der Waals surface area contributed by atoms with E-state index < -0.39 is 6.04 Å². The van der Waals surface area contributed by atoms with Crippen molar-refractivity contribution in [3.63, 3.8) is 0 Å². The second kappa shape index (κ2) is 6.37. The highest BCUT2D eigenvalue weighted by atomic mass is 16.2. The molecule has 0 bridgehead atoms. The molecule has 0 spiro atoms. The lowest BCUT2D eigenvalue weighted by Gasteiger charge is -2.19. The zero-order chi connectivity index (χ0) is 18.3. The summed E-state index contributed by atoms with van der Waals surface area (Å²) in [6, 6.07) is 13.7. The molecule has 6 nitrogen and oxygen atoms in total. The van der Waals surface area contributed by atoms with Gasteiger partial charge >= 0.3 is 6.03 Å². The monoisotopic (exact) mass is 350 g/mol. The van der Waals surface area contributed by atoms with Gasteiger partial charge in [0.2, 0.25) is 0 Å². The Labute approximate surface area is 151 Å². The van der Waals surface area contributed by atoms with Gasteiger partial charge in [-0.15, -0.1) is 0 Å². The molecule has 2 N–H and O–H groups in total. The van der Waals surface area contributed by atoms with E-state index in [-0.39, 0.29) is 11.9 Å². The molecule has 3 amide bonds. The summed E-state index contributed by atoms with van der Waals surface area (Å²) in [6.07, 6.45) is 0. The zero-order valence-corrected chi connectivity index (χ0v) is 15.0. The number of urea groups is 1. The number of nitrogens with one attached hydrogen (secondary N) is 2. The third-order valence-corrected chi connectivity index (χ3v) is 4.97. The summed E-state index contributed by atoms with van der Waals surface area (Å²) < 4.78 is 2.29. The van der Waals surface area contributed by atoms with E-state index in [1.807, 2.05) is 18.2 Å². The van der Waals surface area contributed by atoms with Crippen LogP contribution in [0.3, 0.4) is 0 Å². The number of carbonyl (C=O) groups excluding carboxylic acids is 2. The molecule has 3 aromatic rings. The predicted molar refractivity (Wildman–Crippen MR) is 103 cm³/mol. The summed E-state index contributed by atoms with van der Waals surface area (Å²) in [5.41, 5.74) is 3.26. The van der Waals surface area contributed by atoms with Gasteiger partial charge in [0.15, 0.2) is 0 Å². The maximum Gasteiger partial charge on any atom is 0.324 e. The highest BCUT2D eigenvalue weighted by Crippen LogP contribution is 2.31. The largest absolute Gasteiger partial charge is 0.374 e. The Balaban J connectivity index is 1.66. The van der Waals surface area contributed by atoms with Gasteiger partial charge in [-0.1, -0.05) is 18.2 Å². The number of benzene rings is 2. The molecule has 1 aliphatic heterocycles. The summed E-state index contributed by atoms with van der Waals surface area (Å²) in [5, 5.41) is 8.26. The van der Waals surface area contributed by atoms with E-state index in [1.165, 1.54) is 21.3 Å². The zero-order valence-electron chi connectivity index (χ0n) is 15.0. The van der Waals surface area contributed by atoms with E-state index in [9.17, 15) is 9.59 Å². The lowest BCUT2D eigenvalue weighted by Crippen LogP contribution is -2.43. The van der Waals surface area contributed by atoms with E-state index in [0.717, 1.165) is 17.6 Å². The minimum atomic E-state index is -0.476. The van der Waals surface area contributed by atoms with Crippen LogP contribution in [0.15, 0.2) is 42.5 Å². The van der Waals surface area contributed by atoms with Crippen LogP contribution in [0.4, 0.5) is 10.5 Å². The van der Waals surface area contributed by atoms with Crippen LogP contribution >= 0.6 is 0 Å². The van der Waals surface area contributed by atoms with Crippen molar-refractivity contribution in [1.29, 1.82) is 0 Å². The Morgan fingerprint density at radius 2 is 1.96 bits per heavy atom. The van der Waals surface area contributed by atoms with Crippen molar-refractivity contribution in [1.82, 2.24) is 14.8 Å².